The van der Waals surface area contributed by atoms with Crippen molar-refractivity contribution in [1.29, 1.82) is 0 Å². The van der Waals surface area contributed by atoms with Crippen LogP contribution in [0, 0.1) is 5.41 Å². The van der Waals surface area contributed by atoms with Gasteiger partial charge in [-0.15, -0.1) is 0 Å². The summed E-state index contributed by atoms with van der Waals surface area (Å²) in [7, 11) is 0. The maximum absolute atomic E-state index is 13.1. The van der Waals surface area contributed by atoms with E-state index < -0.39 is 11.7 Å². The molecule has 1 aromatic rings. The van der Waals surface area contributed by atoms with E-state index in [1.54, 1.807) is 6.07 Å². The number of hydrogen-bond donors (Lipinski definition) is 1. The Balaban J connectivity index is 1.78. The summed E-state index contributed by atoms with van der Waals surface area (Å²) in [5, 5.41) is 0. The molecule has 0 bridgehead atoms. The summed E-state index contributed by atoms with van der Waals surface area (Å²) in [5.41, 5.74) is 6.03. The summed E-state index contributed by atoms with van der Waals surface area (Å²) in [6, 6.07) is 4.55. The number of nitrogens with two attached hydrogens (primary N) is 1. The normalized spacial score (nSPS) is 21.4. The van der Waals surface area contributed by atoms with Crippen LogP contribution in [-0.4, -0.2) is 13.1 Å². The molecule has 1 aromatic carbocycles. The molecular formula is C16H21F3N2. The van der Waals surface area contributed by atoms with Crippen LogP contribution in [0.1, 0.15) is 43.2 Å². The highest BCUT2D eigenvalue weighted by molar-refractivity contribution is 5.54. The molecule has 1 heterocycles. The Morgan fingerprint density at radius 2 is 1.76 bits per heavy atom. The van der Waals surface area contributed by atoms with Crippen molar-refractivity contribution in [2.24, 2.45) is 11.1 Å². The summed E-state index contributed by atoms with van der Waals surface area (Å²) in [6.45, 7) is 1.71. The highest BCUT2D eigenvalue weighted by Gasteiger charge is 2.44. The van der Waals surface area contributed by atoms with Crippen molar-refractivity contribution >= 4 is 5.69 Å². The predicted octanol–water partition coefficient (Wildman–Crippen LogP) is 3.93. The number of hydrogen-bond acceptors (Lipinski definition) is 2. The Labute approximate surface area is 123 Å². The number of nitrogens with zero attached hydrogens (tertiary/aromatic N) is 1. The maximum Gasteiger partial charge on any atom is 0.416 e. The van der Waals surface area contributed by atoms with Crippen molar-refractivity contribution in [1.82, 2.24) is 0 Å². The molecule has 2 fully saturated rings. The first kappa shape index (κ1) is 14.7. The molecule has 1 aliphatic carbocycles. The van der Waals surface area contributed by atoms with Gasteiger partial charge in [0.1, 0.15) is 0 Å². The van der Waals surface area contributed by atoms with E-state index in [0.29, 0.717) is 11.1 Å². The van der Waals surface area contributed by atoms with Crippen LogP contribution in [0.15, 0.2) is 18.2 Å². The van der Waals surface area contributed by atoms with Crippen molar-refractivity contribution in [2.75, 3.05) is 18.0 Å². The molecule has 0 aromatic heterocycles. The van der Waals surface area contributed by atoms with Crippen LogP contribution >= 0.6 is 0 Å². The zero-order chi connectivity index (χ0) is 15.1. The average molecular weight is 298 g/mol. The van der Waals surface area contributed by atoms with E-state index in [1.165, 1.54) is 44.2 Å². The van der Waals surface area contributed by atoms with E-state index in [4.69, 9.17) is 5.73 Å². The first-order chi connectivity index (χ1) is 9.93. The fourth-order valence-corrected chi connectivity index (χ4v) is 3.77. The highest BCUT2D eigenvalue weighted by Crippen LogP contribution is 2.46. The van der Waals surface area contributed by atoms with Crippen LogP contribution in [0.4, 0.5) is 18.9 Å². The third-order valence-electron chi connectivity index (χ3n) is 4.95. The van der Waals surface area contributed by atoms with Crippen molar-refractivity contribution in [3.63, 3.8) is 0 Å². The molecule has 5 heteroatoms. The molecule has 0 radical (unpaired) electrons. The van der Waals surface area contributed by atoms with Gasteiger partial charge in [-0.25, -0.2) is 0 Å². The monoisotopic (exact) mass is 298 g/mol. The fraction of sp³-hybridized carbons (Fsp3) is 0.625. The summed E-state index contributed by atoms with van der Waals surface area (Å²) < 4.78 is 39.2. The molecule has 1 saturated carbocycles. The molecule has 116 valence electrons. The first-order valence-corrected chi connectivity index (χ1v) is 7.59. The molecule has 2 N–H and O–H groups in total. The lowest BCUT2D eigenvalue weighted by atomic mass is 9.68. The Bertz CT molecular complexity index is 511. The Kier molecular flexibility index (Phi) is 3.64. The van der Waals surface area contributed by atoms with E-state index in [9.17, 15) is 13.2 Å². The standard InChI is InChI=1S/C16H21F3N2/c17-16(18,19)14-8-13(5-4-12(14)9-20)21-10-15(11-21)6-2-1-3-7-15/h4-5,8H,1-3,6-7,9-11,20H2. The van der Waals surface area contributed by atoms with E-state index in [1.807, 2.05) is 0 Å². The molecule has 1 aliphatic heterocycles. The summed E-state index contributed by atoms with van der Waals surface area (Å²) in [4.78, 5) is 2.07. The largest absolute Gasteiger partial charge is 0.416 e. The molecule has 0 amide bonds. The van der Waals surface area contributed by atoms with Crippen LogP contribution in [0.3, 0.4) is 0 Å². The van der Waals surface area contributed by atoms with E-state index >= 15 is 0 Å². The van der Waals surface area contributed by atoms with E-state index in [0.717, 1.165) is 13.1 Å². The summed E-state index contributed by atoms with van der Waals surface area (Å²) in [6.07, 6.45) is 1.91. The molecule has 1 spiro atoms. The van der Waals surface area contributed by atoms with Crippen LogP contribution < -0.4 is 10.6 Å². The molecule has 0 atom stereocenters. The third-order valence-corrected chi connectivity index (χ3v) is 4.95. The zero-order valence-corrected chi connectivity index (χ0v) is 12.0. The number of rotatable bonds is 2. The van der Waals surface area contributed by atoms with Gasteiger partial charge in [0.05, 0.1) is 5.56 Å². The highest BCUT2D eigenvalue weighted by atomic mass is 19.4. The van der Waals surface area contributed by atoms with Crippen molar-refractivity contribution in [3.8, 4) is 0 Å². The fourth-order valence-electron chi connectivity index (χ4n) is 3.77. The molecule has 1 saturated heterocycles. The van der Waals surface area contributed by atoms with Crippen LogP contribution in [-0.2, 0) is 12.7 Å². The van der Waals surface area contributed by atoms with E-state index in [2.05, 4.69) is 4.90 Å². The van der Waals surface area contributed by atoms with Crippen LogP contribution in [0.2, 0.25) is 0 Å². The number of halogens is 3. The van der Waals surface area contributed by atoms with Crippen LogP contribution in [0.25, 0.3) is 0 Å². The lowest BCUT2D eigenvalue weighted by Crippen LogP contribution is -2.57. The molecule has 21 heavy (non-hydrogen) atoms. The smallest absolute Gasteiger partial charge is 0.370 e. The predicted molar refractivity (Wildman–Crippen MR) is 77.1 cm³/mol. The second kappa shape index (κ2) is 5.20. The minimum Gasteiger partial charge on any atom is -0.370 e. The molecule has 2 aliphatic rings. The Morgan fingerprint density at radius 1 is 1.10 bits per heavy atom. The SMILES string of the molecule is NCc1ccc(N2CC3(CCCCC3)C2)cc1C(F)(F)F. The van der Waals surface area contributed by atoms with Crippen LogP contribution in [0.5, 0.6) is 0 Å². The second-order valence-corrected chi connectivity index (χ2v) is 6.46. The number of benzene rings is 1. The minimum atomic E-state index is -4.34. The zero-order valence-electron chi connectivity index (χ0n) is 12.0. The van der Waals surface area contributed by atoms with Gasteiger partial charge in [-0.05, 0) is 30.5 Å². The lowest BCUT2D eigenvalue weighted by Gasteiger charge is -2.53. The van der Waals surface area contributed by atoms with E-state index in [-0.39, 0.29) is 12.1 Å². The Morgan fingerprint density at radius 3 is 2.33 bits per heavy atom. The van der Waals surface area contributed by atoms with Crippen molar-refractivity contribution in [2.45, 2.75) is 44.8 Å². The van der Waals surface area contributed by atoms with Gasteiger partial charge in [0.25, 0.3) is 0 Å². The summed E-state index contributed by atoms with van der Waals surface area (Å²) >= 11 is 0. The van der Waals surface area contributed by atoms with Gasteiger partial charge < -0.3 is 10.6 Å². The topological polar surface area (TPSA) is 29.3 Å². The Hall–Kier alpha value is -1.23. The van der Waals surface area contributed by atoms with Gasteiger partial charge in [-0.3, -0.25) is 0 Å². The quantitative estimate of drug-likeness (QED) is 0.896. The van der Waals surface area contributed by atoms with Gasteiger partial charge >= 0.3 is 6.18 Å². The van der Waals surface area contributed by atoms with Crippen molar-refractivity contribution in [3.05, 3.63) is 29.3 Å². The molecular weight excluding hydrogens is 277 g/mol. The summed E-state index contributed by atoms with van der Waals surface area (Å²) in [5.74, 6) is 0. The molecule has 3 rings (SSSR count). The number of alkyl halides is 3. The van der Waals surface area contributed by atoms with Gasteiger partial charge in [0.2, 0.25) is 0 Å². The van der Waals surface area contributed by atoms with Gasteiger partial charge in [-0.2, -0.15) is 13.2 Å². The minimum absolute atomic E-state index is 0.0843. The lowest BCUT2D eigenvalue weighted by molar-refractivity contribution is -0.138. The number of anilines is 1. The maximum atomic E-state index is 13.1. The van der Waals surface area contributed by atoms with Gasteiger partial charge in [0, 0.05) is 30.7 Å². The first-order valence-electron chi connectivity index (χ1n) is 7.59. The average Bonchev–Trinajstić information content (AvgIpc) is 2.44. The third kappa shape index (κ3) is 2.76. The molecule has 0 unspecified atom stereocenters. The molecule has 2 nitrogen and oxygen atoms in total. The van der Waals surface area contributed by atoms with Gasteiger partial charge in [-0.1, -0.05) is 25.3 Å². The van der Waals surface area contributed by atoms with Crippen molar-refractivity contribution < 1.29 is 13.2 Å². The van der Waals surface area contributed by atoms with Gasteiger partial charge in [0.15, 0.2) is 0 Å². The second-order valence-electron chi connectivity index (χ2n) is 6.46.